The predicted molar refractivity (Wildman–Crippen MR) is 112 cm³/mol. The normalized spacial score (nSPS) is 21.3. The molecule has 3 aromatic carbocycles. The lowest BCUT2D eigenvalue weighted by Gasteiger charge is -2.16. The molecule has 0 aromatic heterocycles. The van der Waals surface area contributed by atoms with Gasteiger partial charge in [0, 0.05) is 29.6 Å². The highest BCUT2D eigenvalue weighted by Gasteiger charge is 2.42. The second kappa shape index (κ2) is 7.41. The number of aliphatic imine (C=N–C) groups is 1. The fourth-order valence-corrected chi connectivity index (χ4v) is 4.60. The summed E-state index contributed by atoms with van der Waals surface area (Å²) in [7, 11) is 1.59. The Labute approximate surface area is 174 Å². The zero-order valence-electron chi connectivity index (χ0n) is 15.5. The van der Waals surface area contributed by atoms with E-state index in [0.29, 0.717) is 17.7 Å². The molecule has 0 aliphatic heterocycles. The van der Waals surface area contributed by atoms with Gasteiger partial charge in [-0.15, -0.1) is 0 Å². The van der Waals surface area contributed by atoms with Crippen LogP contribution in [-0.2, 0) is 11.0 Å². The number of hydrogen-bond acceptors (Lipinski definition) is 2. The van der Waals surface area contributed by atoms with Crippen molar-refractivity contribution < 1.29 is 18.0 Å². The van der Waals surface area contributed by atoms with Gasteiger partial charge in [0.15, 0.2) is 5.78 Å². The van der Waals surface area contributed by atoms with Gasteiger partial charge in [-0.2, -0.15) is 13.2 Å². The first-order chi connectivity index (χ1) is 13.8. The summed E-state index contributed by atoms with van der Waals surface area (Å²) in [5, 5.41) is 2.01. The molecule has 3 aromatic rings. The van der Waals surface area contributed by atoms with Crippen LogP contribution in [0.2, 0.25) is 0 Å². The Hall–Kier alpha value is -2.47. The van der Waals surface area contributed by atoms with Crippen molar-refractivity contribution in [3.05, 3.63) is 81.8 Å². The molecule has 148 valence electrons. The third kappa shape index (κ3) is 3.50. The summed E-state index contributed by atoms with van der Waals surface area (Å²) < 4.78 is 40.0. The molecular formula is C23H17BrF3NO. The van der Waals surface area contributed by atoms with E-state index in [1.807, 2.05) is 42.5 Å². The molecule has 0 amide bonds. The van der Waals surface area contributed by atoms with Gasteiger partial charge in [0.05, 0.1) is 11.5 Å². The Morgan fingerprint density at radius 1 is 1.03 bits per heavy atom. The van der Waals surface area contributed by atoms with Gasteiger partial charge in [0.1, 0.15) is 0 Å². The summed E-state index contributed by atoms with van der Waals surface area (Å²) in [6.07, 6.45) is -4.10. The van der Waals surface area contributed by atoms with Crippen LogP contribution in [0.25, 0.3) is 10.8 Å². The van der Waals surface area contributed by atoms with E-state index in [2.05, 4.69) is 20.9 Å². The molecule has 1 saturated carbocycles. The molecule has 0 heterocycles. The highest BCUT2D eigenvalue weighted by Crippen LogP contribution is 2.43. The van der Waals surface area contributed by atoms with E-state index >= 15 is 0 Å². The molecule has 29 heavy (non-hydrogen) atoms. The number of fused-ring (bicyclic) bond motifs is 1. The van der Waals surface area contributed by atoms with Crippen molar-refractivity contribution in [2.24, 2.45) is 4.99 Å². The second-order valence-electron chi connectivity index (χ2n) is 7.11. The second-order valence-corrected chi connectivity index (χ2v) is 7.97. The Morgan fingerprint density at radius 3 is 2.48 bits per heavy atom. The van der Waals surface area contributed by atoms with Gasteiger partial charge in [-0.3, -0.25) is 9.79 Å². The number of hydrogen-bond donors (Lipinski definition) is 0. The maximum atomic E-state index is 13.4. The molecular weight excluding hydrogens is 443 g/mol. The maximum Gasteiger partial charge on any atom is 0.417 e. The number of Topliss-reactive ketones (excluding diaryl/α,β-unsaturated/α-hetero) is 1. The van der Waals surface area contributed by atoms with E-state index in [1.165, 1.54) is 6.07 Å². The fraction of sp³-hybridized carbons (Fsp3) is 0.217. The van der Waals surface area contributed by atoms with Crippen molar-refractivity contribution in [2.45, 2.75) is 24.4 Å². The zero-order valence-corrected chi connectivity index (χ0v) is 17.1. The first-order valence-corrected chi connectivity index (χ1v) is 9.94. The van der Waals surface area contributed by atoms with Gasteiger partial charge in [-0.05, 0) is 34.0 Å². The predicted octanol–water partition coefficient (Wildman–Crippen LogP) is 6.53. The summed E-state index contributed by atoms with van der Waals surface area (Å²) >= 11 is 2.96. The number of carbonyl (C=O) groups is 1. The van der Waals surface area contributed by atoms with Crippen molar-refractivity contribution in [3.8, 4) is 0 Å². The largest absolute Gasteiger partial charge is 0.417 e. The van der Waals surface area contributed by atoms with Gasteiger partial charge < -0.3 is 0 Å². The molecule has 1 aliphatic carbocycles. The highest BCUT2D eigenvalue weighted by atomic mass is 79.9. The molecule has 2 unspecified atom stereocenters. The van der Waals surface area contributed by atoms with Crippen molar-refractivity contribution in [1.29, 1.82) is 0 Å². The molecule has 2 atom stereocenters. The SMILES string of the molecule is CN=C1CC(c2cccc3ccccc23)C(=O)C1c1ccc(Br)c(C(F)(F)F)c1. The number of halogens is 4. The quantitative estimate of drug-likeness (QED) is 0.428. The van der Waals surface area contributed by atoms with Crippen molar-refractivity contribution >= 4 is 38.2 Å². The standard InChI is InChI=1S/C23H17BrF3NO/c1-28-20-12-17(16-8-4-6-13-5-2-3-7-15(13)16)22(29)21(20)14-9-10-19(24)18(11-14)23(25,26)27/h2-11,17,21H,12H2,1H3. The maximum absolute atomic E-state index is 13.4. The lowest BCUT2D eigenvalue weighted by atomic mass is 9.88. The Morgan fingerprint density at radius 2 is 1.76 bits per heavy atom. The van der Waals surface area contributed by atoms with Crippen LogP contribution < -0.4 is 0 Å². The van der Waals surface area contributed by atoms with E-state index in [9.17, 15) is 18.0 Å². The van der Waals surface area contributed by atoms with Crippen LogP contribution in [-0.4, -0.2) is 18.5 Å². The zero-order chi connectivity index (χ0) is 20.8. The van der Waals surface area contributed by atoms with Crippen LogP contribution in [0.15, 0.2) is 70.1 Å². The number of ketones is 1. The summed E-state index contributed by atoms with van der Waals surface area (Å²) in [5.74, 6) is -1.31. The van der Waals surface area contributed by atoms with Gasteiger partial charge in [0.2, 0.25) is 0 Å². The van der Waals surface area contributed by atoms with Crippen LogP contribution in [0.1, 0.15) is 34.9 Å². The molecule has 0 bridgehead atoms. The summed E-state index contributed by atoms with van der Waals surface area (Å²) in [6.45, 7) is 0. The Balaban J connectivity index is 1.80. The average Bonchev–Trinajstić information content (AvgIpc) is 3.03. The third-order valence-electron chi connectivity index (χ3n) is 5.49. The molecule has 0 saturated heterocycles. The van der Waals surface area contributed by atoms with Crippen molar-refractivity contribution in [2.75, 3.05) is 7.05 Å². The molecule has 0 spiro atoms. The first-order valence-electron chi connectivity index (χ1n) is 9.15. The van der Waals surface area contributed by atoms with Gasteiger partial charge >= 0.3 is 6.18 Å². The Bertz CT molecular complexity index is 1130. The minimum atomic E-state index is -4.50. The van der Waals surface area contributed by atoms with E-state index in [4.69, 9.17) is 0 Å². The van der Waals surface area contributed by atoms with Crippen molar-refractivity contribution in [3.63, 3.8) is 0 Å². The molecule has 4 rings (SSSR count). The van der Waals surface area contributed by atoms with Gasteiger partial charge in [-0.25, -0.2) is 0 Å². The van der Waals surface area contributed by atoms with Crippen LogP contribution in [0.5, 0.6) is 0 Å². The number of nitrogens with zero attached hydrogens (tertiary/aromatic N) is 1. The number of benzene rings is 3. The molecule has 1 fully saturated rings. The summed E-state index contributed by atoms with van der Waals surface area (Å²) in [4.78, 5) is 17.7. The van der Waals surface area contributed by atoms with Gasteiger partial charge in [-0.1, -0.05) is 64.5 Å². The number of carbonyl (C=O) groups excluding carboxylic acids is 1. The van der Waals surface area contributed by atoms with E-state index < -0.39 is 23.6 Å². The fourth-order valence-electron chi connectivity index (χ4n) is 4.13. The molecule has 0 N–H and O–H groups in total. The summed E-state index contributed by atoms with van der Waals surface area (Å²) in [5.41, 5.74) is 1.05. The van der Waals surface area contributed by atoms with E-state index in [-0.39, 0.29) is 10.3 Å². The van der Waals surface area contributed by atoms with Crippen LogP contribution in [0, 0.1) is 0 Å². The van der Waals surface area contributed by atoms with E-state index in [1.54, 1.807) is 13.1 Å². The third-order valence-corrected chi connectivity index (χ3v) is 6.18. The number of alkyl halides is 3. The van der Waals surface area contributed by atoms with Crippen LogP contribution >= 0.6 is 15.9 Å². The topological polar surface area (TPSA) is 29.4 Å². The lowest BCUT2D eigenvalue weighted by Crippen LogP contribution is -2.16. The Kier molecular flexibility index (Phi) is 5.07. The minimum Gasteiger partial charge on any atom is -0.298 e. The first kappa shape index (κ1) is 19.8. The van der Waals surface area contributed by atoms with Crippen molar-refractivity contribution in [1.82, 2.24) is 0 Å². The highest BCUT2D eigenvalue weighted by molar-refractivity contribution is 9.10. The van der Waals surface area contributed by atoms with Crippen LogP contribution in [0.3, 0.4) is 0 Å². The van der Waals surface area contributed by atoms with Gasteiger partial charge in [0.25, 0.3) is 0 Å². The smallest absolute Gasteiger partial charge is 0.298 e. The summed E-state index contributed by atoms with van der Waals surface area (Å²) in [6, 6.07) is 17.6. The number of rotatable bonds is 2. The van der Waals surface area contributed by atoms with E-state index in [0.717, 1.165) is 22.4 Å². The van der Waals surface area contributed by atoms with Crippen LogP contribution in [0.4, 0.5) is 13.2 Å². The molecule has 6 heteroatoms. The minimum absolute atomic E-state index is 0.0419. The lowest BCUT2D eigenvalue weighted by molar-refractivity contribution is -0.138. The average molecular weight is 460 g/mol. The monoisotopic (exact) mass is 459 g/mol. The molecule has 1 aliphatic rings. The molecule has 2 nitrogen and oxygen atoms in total. The molecule has 0 radical (unpaired) electrons.